The molecule has 0 amide bonds. The third-order valence-corrected chi connectivity index (χ3v) is 2.80. The molecule has 104 valence electrons. The van der Waals surface area contributed by atoms with Crippen molar-refractivity contribution in [3.8, 4) is 5.75 Å². The molecule has 2 N–H and O–H groups in total. The summed E-state index contributed by atoms with van der Waals surface area (Å²) in [5.41, 5.74) is 0.951. The van der Waals surface area contributed by atoms with E-state index < -0.39 is 0 Å². The van der Waals surface area contributed by atoms with Gasteiger partial charge >= 0.3 is 0 Å². The van der Waals surface area contributed by atoms with Crippen molar-refractivity contribution in [3.63, 3.8) is 0 Å². The van der Waals surface area contributed by atoms with Gasteiger partial charge in [-0.1, -0.05) is 26.0 Å². The summed E-state index contributed by atoms with van der Waals surface area (Å²) < 4.78 is 5.42. The van der Waals surface area contributed by atoms with Crippen LogP contribution in [-0.2, 0) is 0 Å². The zero-order chi connectivity index (χ0) is 14.1. The molecule has 1 rings (SSSR count). The topological polar surface area (TPSA) is 33.3 Å². The number of hydrogen-bond acceptors (Lipinski definition) is 2. The second-order valence-electron chi connectivity index (χ2n) is 4.41. The molecule has 4 heteroatoms. The Kier molecular flexibility index (Phi) is 6.97. The summed E-state index contributed by atoms with van der Waals surface area (Å²) in [6.07, 6.45) is 3.97. The molecule has 0 spiro atoms. The molecule has 1 unspecified atom stereocenters. The molecule has 0 aliphatic rings. The van der Waals surface area contributed by atoms with Crippen molar-refractivity contribution >= 4 is 23.0 Å². The minimum atomic E-state index is 0.389. The van der Waals surface area contributed by atoms with Crippen molar-refractivity contribution in [2.24, 2.45) is 0 Å². The molecule has 1 aromatic rings. The summed E-state index contributed by atoms with van der Waals surface area (Å²) in [4.78, 5) is 0. The molecule has 1 atom stereocenters. The average molecular weight is 278 g/mol. The lowest BCUT2D eigenvalue weighted by Gasteiger charge is -2.16. The lowest BCUT2D eigenvalue weighted by molar-refractivity contribution is 0.363. The van der Waals surface area contributed by atoms with Crippen LogP contribution in [0.2, 0.25) is 0 Å². The molecule has 0 saturated heterocycles. The van der Waals surface area contributed by atoms with Gasteiger partial charge in [0, 0.05) is 11.7 Å². The highest BCUT2D eigenvalue weighted by Gasteiger charge is 2.03. The highest BCUT2D eigenvalue weighted by atomic mass is 32.1. The summed E-state index contributed by atoms with van der Waals surface area (Å²) in [7, 11) is 0. The van der Waals surface area contributed by atoms with Crippen LogP contribution in [0.25, 0.3) is 0 Å². The summed E-state index contributed by atoms with van der Waals surface area (Å²) in [6.45, 7) is 8.42. The van der Waals surface area contributed by atoms with Crippen molar-refractivity contribution in [2.45, 2.75) is 32.7 Å². The minimum absolute atomic E-state index is 0.389. The lowest BCUT2D eigenvalue weighted by Crippen LogP contribution is -2.35. The molecule has 19 heavy (non-hydrogen) atoms. The highest BCUT2D eigenvalue weighted by molar-refractivity contribution is 7.80. The number of thiocarbonyl (C=S) groups is 1. The number of nitrogens with one attached hydrogen (secondary N) is 2. The monoisotopic (exact) mass is 278 g/mol. The molecule has 0 aliphatic carbocycles. The van der Waals surface area contributed by atoms with E-state index in [2.05, 4.69) is 31.1 Å². The van der Waals surface area contributed by atoms with Gasteiger partial charge < -0.3 is 15.4 Å². The van der Waals surface area contributed by atoms with Crippen molar-refractivity contribution in [1.29, 1.82) is 0 Å². The van der Waals surface area contributed by atoms with Crippen molar-refractivity contribution in [1.82, 2.24) is 5.32 Å². The van der Waals surface area contributed by atoms with Gasteiger partial charge in [-0.3, -0.25) is 0 Å². The lowest BCUT2D eigenvalue weighted by atomic mass is 10.2. The van der Waals surface area contributed by atoms with Gasteiger partial charge in [0.1, 0.15) is 12.4 Å². The zero-order valence-electron chi connectivity index (χ0n) is 11.6. The van der Waals surface area contributed by atoms with Gasteiger partial charge in [-0.2, -0.15) is 0 Å². The Labute approximate surface area is 121 Å². The van der Waals surface area contributed by atoms with E-state index in [0.29, 0.717) is 17.8 Å². The van der Waals surface area contributed by atoms with Crippen LogP contribution in [0.1, 0.15) is 26.7 Å². The van der Waals surface area contributed by atoms with Crippen LogP contribution in [0.3, 0.4) is 0 Å². The third kappa shape index (κ3) is 6.25. The van der Waals surface area contributed by atoms with Crippen molar-refractivity contribution in [2.75, 3.05) is 11.9 Å². The molecule has 0 fully saturated rings. The summed E-state index contributed by atoms with van der Waals surface area (Å²) in [6, 6.07) is 8.09. The van der Waals surface area contributed by atoms with Crippen LogP contribution in [0, 0.1) is 0 Å². The molecular formula is C15H22N2OS. The van der Waals surface area contributed by atoms with E-state index in [9.17, 15) is 0 Å². The maximum atomic E-state index is 5.42. The Morgan fingerprint density at radius 2 is 2.11 bits per heavy atom. The fraction of sp³-hybridized carbons (Fsp3) is 0.400. The van der Waals surface area contributed by atoms with E-state index in [-0.39, 0.29) is 0 Å². The first-order valence-electron chi connectivity index (χ1n) is 6.57. The van der Waals surface area contributed by atoms with Gasteiger partial charge in [-0.05, 0) is 49.8 Å². The number of rotatable bonds is 7. The Morgan fingerprint density at radius 1 is 1.42 bits per heavy atom. The van der Waals surface area contributed by atoms with E-state index in [1.165, 1.54) is 0 Å². The summed E-state index contributed by atoms with van der Waals surface area (Å²) in [5, 5.41) is 7.07. The Hall–Kier alpha value is -1.55. The van der Waals surface area contributed by atoms with Crippen LogP contribution in [-0.4, -0.2) is 17.8 Å². The number of benzene rings is 1. The standard InChI is InChI=1S/C15H22N2OS/c1-4-6-12(3)16-15(19)17-13-7-9-14(10-8-13)18-11-5-2/h5,7-10,12H,2,4,6,11H2,1,3H3,(H2,16,17,19). The molecule has 0 radical (unpaired) electrons. The Balaban J connectivity index is 2.44. The highest BCUT2D eigenvalue weighted by Crippen LogP contribution is 2.15. The van der Waals surface area contributed by atoms with Crippen LogP contribution >= 0.6 is 12.2 Å². The first-order valence-corrected chi connectivity index (χ1v) is 6.97. The first-order chi connectivity index (χ1) is 9.15. The molecule has 0 aliphatic heterocycles. The fourth-order valence-corrected chi connectivity index (χ4v) is 2.00. The molecule has 0 saturated carbocycles. The second kappa shape index (κ2) is 8.53. The minimum Gasteiger partial charge on any atom is -0.490 e. The molecule has 0 aromatic heterocycles. The maximum Gasteiger partial charge on any atom is 0.170 e. The predicted octanol–water partition coefficient (Wildman–Crippen LogP) is 3.73. The van der Waals surface area contributed by atoms with Gasteiger partial charge in [0.15, 0.2) is 5.11 Å². The van der Waals surface area contributed by atoms with Gasteiger partial charge in [0.05, 0.1) is 0 Å². The van der Waals surface area contributed by atoms with Crippen LogP contribution < -0.4 is 15.4 Å². The second-order valence-corrected chi connectivity index (χ2v) is 4.82. The summed E-state index contributed by atoms with van der Waals surface area (Å²) >= 11 is 5.26. The van der Waals surface area contributed by atoms with Crippen LogP contribution in [0.15, 0.2) is 36.9 Å². The molecule has 3 nitrogen and oxygen atoms in total. The zero-order valence-corrected chi connectivity index (χ0v) is 12.4. The number of hydrogen-bond donors (Lipinski definition) is 2. The summed E-state index contributed by atoms with van der Waals surface area (Å²) in [5.74, 6) is 0.823. The van der Waals surface area contributed by atoms with Crippen LogP contribution in [0.4, 0.5) is 5.69 Å². The van der Waals surface area contributed by atoms with E-state index in [1.54, 1.807) is 6.08 Å². The van der Waals surface area contributed by atoms with Gasteiger partial charge in [-0.25, -0.2) is 0 Å². The Morgan fingerprint density at radius 3 is 2.68 bits per heavy atom. The molecule has 0 bridgehead atoms. The van der Waals surface area contributed by atoms with Gasteiger partial charge in [-0.15, -0.1) is 0 Å². The maximum absolute atomic E-state index is 5.42. The average Bonchev–Trinajstić information content (AvgIpc) is 2.38. The molecule has 0 heterocycles. The van der Waals surface area contributed by atoms with E-state index in [1.807, 2.05) is 24.3 Å². The first kappa shape index (κ1) is 15.5. The third-order valence-electron chi connectivity index (χ3n) is 2.58. The van der Waals surface area contributed by atoms with Crippen molar-refractivity contribution in [3.05, 3.63) is 36.9 Å². The molecule has 1 aromatic carbocycles. The van der Waals surface area contributed by atoms with Crippen molar-refractivity contribution < 1.29 is 4.74 Å². The van der Waals surface area contributed by atoms with Crippen LogP contribution in [0.5, 0.6) is 5.75 Å². The van der Waals surface area contributed by atoms with E-state index in [0.717, 1.165) is 24.3 Å². The normalized spacial score (nSPS) is 11.5. The SMILES string of the molecule is C=CCOc1ccc(NC(=S)NC(C)CCC)cc1. The van der Waals surface area contributed by atoms with E-state index >= 15 is 0 Å². The van der Waals surface area contributed by atoms with E-state index in [4.69, 9.17) is 17.0 Å². The predicted molar refractivity (Wildman–Crippen MR) is 85.9 cm³/mol. The smallest absolute Gasteiger partial charge is 0.170 e. The Bertz CT molecular complexity index is 403. The number of anilines is 1. The number of ether oxygens (including phenoxy) is 1. The fourth-order valence-electron chi connectivity index (χ4n) is 1.69. The molecular weight excluding hydrogens is 256 g/mol. The quantitative estimate of drug-likeness (QED) is 0.588. The van der Waals surface area contributed by atoms with Gasteiger partial charge in [0.25, 0.3) is 0 Å². The largest absolute Gasteiger partial charge is 0.490 e. The van der Waals surface area contributed by atoms with Gasteiger partial charge in [0.2, 0.25) is 0 Å².